The van der Waals surface area contributed by atoms with Gasteiger partial charge in [0.15, 0.2) is 0 Å². The first-order valence-electron chi connectivity index (χ1n) is 4.80. The standard InChI is InChI=1S/C11H7F3N2O2/c12-11(13,14)18-10-3-8(17)1-2-9(10)7-4-15-6-16-5-7/h1-6,17H. The molecule has 2 aromatic rings. The zero-order valence-corrected chi connectivity index (χ0v) is 8.85. The number of halogens is 3. The fourth-order valence-electron chi connectivity index (χ4n) is 1.40. The molecule has 1 heterocycles. The van der Waals surface area contributed by atoms with Crippen molar-refractivity contribution in [1.82, 2.24) is 9.97 Å². The second-order valence-electron chi connectivity index (χ2n) is 3.36. The van der Waals surface area contributed by atoms with Crippen LogP contribution in [0.25, 0.3) is 11.1 Å². The van der Waals surface area contributed by atoms with Gasteiger partial charge in [0.05, 0.1) is 0 Å². The highest BCUT2D eigenvalue weighted by Gasteiger charge is 2.32. The summed E-state index contributed by atoms with van der Waals surface area (Å²) < 4.78 is 40.6. The number of benzene rings is 1. The molecule has 1 aromatic heterocycles. The van der Waals surface area contributed by atoms with Crippen LogP contribution in [-0.2, 0) is 0 Å². The maximum absolute atomic E-state index is 12.2. The lowest BCUT2D eigenvalue weighted by molar-refractivity contribution is -0.274. The highest BCUT2D eigenvalue weighted by atomic mass is 19.4. The van der Waals surface area contributed by atoms with Crippen molar-refractivity contribution in [2.75, 3.05) is 0 Å². The molecule has 0 saturated heterocycles. The number of rotatable bonds is 2. The average molecular weight is 256 g/mol. The number of hydrogen-bond donors (Lipinski definition) is 1. The van der Waals surface area contributed by atoms with E-state index in [9.17, 15) is 18.3 Å². The lowest BCUT2D eigenvalue weighted by Crippen LogP contribution is -2.17. The lowest BCUT2D eigenvalue weighted by atomic mass is 10.1. The summed E-state index contributed by atoms with van der Waals surface area (Å²) in [6.45, 7) is 0. The van der Waals surface area contributed by atoms with Crippen LogP contribution in [0.1, 0.15) is 0 Å². The highest BCUT2D eigenvalue weighted by Crippen LogP contribution is 2.35. The highest BCUT2D eigenvalue weighted by molar-refractivity contribution is 5.70. The Morgan fingerprint density at radius 1 is 1.11 bits per heavy atom. The van der Waals surface area contributed by atoms with Gasteiger partial charge in [0.2, 0.25) is 0 Å². The molecule has 0 fully saturated rings. The first kappa shape index (κ1) is 12.2. The summed E-state index contributed by atoms with van der Waals surface area (Å²) in [7, 11) is 0. The summed E-state index contributed by atoms with van der Waals surface area (Å²) in [6, 6.07) is 3.44. The molecule has 7 heteroatoms. The summed E-state index contributed by atoms with van der Waals surface area (Å²) in [4.78, 5) is 7.42. The minimum Gasteiger partial charge on any atom is -0.508 e. The molecule has 1 N–H and O–H groups in total. The van der Waals surface area contributed by atoms with Gasteiger partial charge in [0.25, 0.3) is 0 Å². The van der Waals surface area contributed by atoms with Crippen LogP contribution in [0.5, 0.6) is 11.5 Å². The van der Waals surface area contributed by atoms with E-state index in [1.807, 2.05) is 0 Å². The van der Waals surface area contributed by atoms with Crippen molar-refractivity contribution in [3.8, 4) is 22.6 Å². The molecule has 0 unspecified atom stereocenters. The monoisotopic (exact) mass is 256 g/mol. The van der Waals surface area contributed by atoms with Crippen molar-refractivity contribution in [2.24, 2.45) is 0 Å². The number of nitrogens with zero attached hydrogens (tertiary/aromatic N) is 2. The summed E-state index contributed by atoms with van der Waals surface area (Å²) in [5.41, 5.74) is 0.502. The van der Waals surface area contributed by atoms with E-state index in [-0.39, 0.29) is 11.3 Å². The predicted octanol–water partition coefficient (Wildman–Crippen LogP) is 2.75. The van der Waals surface area contributed by atoms with Gasteiger partial charge in [0, 0.05) is 29.6 Å². The van der Waals surface area contributed by atoms with Gasteiger partial charge in [0.1, 0.15) is 17.8 Å². The molecule has 0 radical (unpaired) electrons. The molecule has 2 rings (SSSR count). The van der Waals surface area contributed by atoms with Gasteiger partial charge in [-0.15, -0.1) is 13.2 Å². The Hall–Kier alpha value is -2.31. The Morgan fingerprint density at radius 2 is 1.78 bits per heavy atom. The molecule has 0 bridgehead atoms. The molecule has 1 aromatic carbocycles. The molecule has 4 nitrogen and oxygen atoms in total. The van der Waals surface area contributed by atoms with Crippen molar-refractivity contribution < 1.29 is 23.0 Å². The van der Waals surface area contributed by atoms with E-state index in [2.05, 4.69) is 14.7 Å². The third-order valence-corrected chi connectivity index (χ3v) is 2.06. The third kappa shape index (κ3) is 2.88. The van der Waals surface area contributed by atoms with E-state index in [0.717, 1.165) is 6.07 Å². The second-order valence-corrected chi connectivity index (χ2v) is 3.36. The molecule has 0 aliphatic rings. The van der Waals surface area contributed by atoms with Crippen molar-refractivity contribution in [2.45, 2.75) is 6.36 Å². The number of phenols is 1. The number of ether oxygens (including phenoxy) is 1. The molecule has 94 valence electrons. The first-order valence-corrected chi connectivity index (χ1v) is 4.80. The van der Waals surface area contributed by atoms with E-state index in [1.54, 1.807) is 0 Å². The van der Waals surface area contributed by atoms with Gasteiger partial charge in [-0.3, -0.25) is 0 Å². The maximum Gasteiger partial charge on any atom is 0.573 e. The molecular formula is C11H7F3N2O2. The summed E-state index contributed by atoms with van der Waals surface area (Å²) in [5, 5.41) is 9.20. The van der Waals surface area contributed by atoms with Gasteiger partial charge in [-0.1, -0.05) is 0 Å². The van der Waals surface area contributed by atoms with Gasteiger partial charge < -0.3 is 9.84 Å². The normalized spacial score (nSPS) is 11.3. The van der Waals surface area contributed by atoms with Crippen LogP contribution in [-0.4, -0.2) is 21.4 Å². The maximum atomic E-state index is 12.2. The number of hydrogen-bond acceptors (Lipinski definition) is 4. The van der Waals surface area contributed by atoms with Gasteiger partial charge in [-0.25, -0.2) is 9.97 Å². The molecule has 0 aliphatic heterocycles. The van der Waals surface area contributed by atoms with Gasteiger partial charge in [-0.05, 0) is 12.1 Å². The van der Waals surface area contributed by atoms with Crippen molar-refractivity contribution in [3.05, 3.63) is 36.9 Å². The molecule has 0 spiro atoms. The van der Waals surface area contributed by atoms with Crippen molar-refractivity contribution in [3.63, 3.8) is 0 Å². The minimum atomic E-state index is -4.84. The average Bonchev–Trinajstić information content (AvgIpc) is 2.28. The van der Waals surface area contributed by atoms with Crippen molar-refractivity contribution >= 4 is 0 Å². The Kier molecular flexibility index (Phi) is 3.05. The zero-order valence-electron chi connectivity index (χ0n) is 8.85. The number of alkyl halides is 3. The minimum absolute atomic E-state index is 0.144. The molecule has 0 atom stereocenters. The molecule has 0 aliphatic carbocycles. The van der Waals surface area contributed by atoms with E-state index < -0.39 is 12.1 Å². The van der Waals surface area contributed by atoms with Gasteiger partial charge in [-0.2, -0.15) is 0 Å². The molecular weight excluding hydrogens is 249 g/mol. The van der Waals surface area contributed by atoms with Crippen LogP contribution in [0.3, 0.4) is 0 Å². The number of aromatic hydroxyl groups is 1. The summed E-state index contributed by atoms with van der Waals surface area (Å²) >= 11 is 0. The number of aromatic nitrogens is 2. The van der Waals surface area contributed by atoms with Crippen molar-refractivity contribution in [1.29, 1.82) is 0 Å². The SMILES string of the molecule is Oc1ccc(-c2cncnc2)c(OC(F)(F)F)c1. The lowest BCUT2D eigenvalue weighted by Gasteiger charge is -2.13. The van der Waals surface area contributed by atoms with Crippen LogP contribution >= 0.6 is 0 Å². The Morgan fingerprint density at radius 3 is 2.39 bits per heavy atom. The van der Waals surface area contributed by atoms with Gasteiger partial charge >= 0.3 is 6.36 Å². The first-order chi connectivity index (χ1) is 8.46. The summed E-state index contributed by atoms with van der Waals surface area (Å²) in [6.07, 6.45) is -0.877. The van der Waals surface area contributed by atoms with E-state index in [4.69, 9.17) is 0 Å². The third-order valence-electron chi connectivity index (χ3n) is 2.06. The molecule has 0 saturated carbocycles. The van der Waals surface area contributed by atoms with E-state index in [0.29, 0.717) is 5.56 Å². The van der Waals surface area contributed by atoms with Crippen LogP contribution in [0, 0.1) is 0 Å². The fraction of sp³-hybridized carbons (Fsp3) is 0.0909. The number of phenolic OH excluding ortho intramolecular Hbond substituents is 1. The zero-order chi connectivity index (χ0) is 13.2. The predicted molar refractivity (Wildman–Crippen MR) is 55.8 cm³/mol. The van der Waals surface area contributed by atoms with Crippen LogP contribution in [0.4, 0.5) is 13.2 Å². The molecule has 0 amide bonds. The largest absolute Gasteiger partial charge is 0.573 e. The van der Waals surface area contributed by atoms with E-state index in [1.165, 1.54) is 30.9 Å². The molecule has 18 heavy (non-hydrogen) atoms. The van der Waals surface area contributed by atoms with Crippen LogP contribution < -0.4 is 4.74 Å². The van der Waals surface area contributed by atoms with Crippen LogP contribution in [0.2, 0.25) is 0 Å². The topological polar surface area (TPSA) is 55.2 Å². The quantitative estimate of drug-likeness (QED) is 0.897. The smallest absolute Gasteiger partial charge is 0.508 e. The van der Waals surface area contributed by atoms with Crippen LogP contribution in [0.15, 0.2) is 36.9 Å². The Balaban J connectivity index is 2.47. The fourth-order valence-corrected chi connectivity index (χ4v) is 1.40. The Bertz CT molecular complexity index is 544. The summed E-state index contributed by atoms with van der Waals surface area (Å²) in [5.74, 6) is -0.827. The Labute approximate surface area is 99.7 Å². The second kappa shape index (κ2) is 4.52. The van der Waals surface area contributed by atoms with E-state index >= 15 is 0 Å².